The van der Waals surface area contributed by atoms with Crippen LogP contribution < -0.4 is 0 Å². The molecule has 0 heterocycles. The molecule has 1 fully saturated rings. The Bertz CT molecular complexity index is 561. The highest BCUT2D eigenvalue weighted by molar-refractivity contribution is 6.74. The Balaban J connectivity index is 1.98. The molecule has 5 heteroatoms. The Kier molecular flexibility index (Phi) is 7.37. The Hall–Kier alpha value is -0.653. The highest BCUT2D eigenvalue weighted by atomic mass is 28.4. The number of methoxy groups -OCH3 is 1. The average Bonchev–Trinajstić information content (AvgIpc) is 2.90. The summed E-state index contributed by atoms with van der Waals surface area (Å²) in [5.41, 5.74) is 2.51. The minimum atomic E-state index is -1.85. The van der Waals surface area contributed by atoms with Crippen LogP contribution in [0, 0.1) is 11.8 Å². The molecule has 0 aromatic heterocycles. The first kappa shape index (κ1) is 22.6. The van der Waals surface area contributed by atoms with Crippen molar-refractivity contribution in [2.24, 2.45) is 11.8 Å². The van der Waals surface area contributed by atoms with Gasteiger partial charge in [0, 0.05) is 7.11 Å². The zero-order valence-corrected chi connectivity index (χ0v) is 19.7. The van der Waals surface area contributed by atoms with Crippen LogP contribution in [-0.2, 0) is 18.7 Å². The first-order valence-electron chi connectivity index (χ1n) is 10.5. The fraction of sp³-hybridized carbons (Fsp3) is 0.864. The van der Waals surface area contributed by atoms with Gasteiger partial charge >= 0.3 is 5.97 Å². The molecule has 2 aliphatic rings. The van der Waals surface area contributed by atoms with Crippen LogP contribution in [0.2, 0.25) is 18.1 Å². The Labute approximate surface area is 167 Å². The van der Waals surface area contributed by atoms with Crippen molar-refractivity contribution < 1.29 is 18.7 Å². The van der Waals surface area contributed by atoms with E-state index in [9.17, 15) is 4.79 Å². The van der Waals surface area contributed by atoms with Gasteiger partial charge in [0.1, 0.15) is 6.61 Å². The summed E-state index contributed by atoms with van der Waals surface area (Å²) in [5, 5.41) is 0.176. The number of carbonyl (C=O) groups is 1. The molecule has 4 nitrogen and oxygen atoms in total. The van der Waals surface area contributed by atoms with Crippen molar-refractivity contribution in [1.82, 2.24) is 0 Å². The van der Waals surface area contributed by atoms with Gasteiger partial charge in [0.05, 0.1) is 18.1 Å². The summed E-state index contributed by atoms with van der Waals surface area (Å²) in [6.07, 6.45) is 5.00. The first-order chi connectivity index (χ1) is 12.5. The second-order valence-corrected chi connectivity index (χ2v) is 14.9. The van der Waals surface area contributed by atoms with E-state index in [1.807, 2.05) is 0 Å². The quantitative estimate of drug-likeness (QED) is 0.339. The Morgan fingerprint density at radius 3 is 2.44 bits per heavy atom. The summed E-state index contributed by atoms with van der Waals surface area (Å²) in [4.78, 5) is 12.7. The summed E-state index contributed by atoms with van der Waals surface area (Å²) in [6.45, 7) is 16.1. The lowest BCUT2D eigenvalue weighted by Gasteiger charge is -2.39. The van der Waals surface area contributed by atoms with Crippen LogP contribution in [0.25, 0.3) is 0 Å². The Morgan fingerprint density at radius 1 is 1.19 bits per heavy atom. The van der Waals surface area contributed by atoms with Gasteiger partial charge in [0.15, 0.2) is 8.32 Å². The largest absolute Gasteiger partial charge is 0.461 e. The molecule has 0 aromatic rings. The van der Waals surface area contributed by atoms with Crippen LogP contribution in [0.1, 0.15) is 66.7 Å². The standard InChI is InChI=1S/C22H40O4Si/c1-15-9-11-17(20(13-15)24-6)21(23)25-14-18-16(2)10-12-19(18)26-27(7,8)22(3,4)5/h15,17,19-20H,9-14H2,1-8H3/t15-,17?,19?,20-/m0/s1. The van der Waals surface area contributed by atoms with E-state index in [1.54, 1.807) is 7.11 Å². The number of esters is 1. The molecule has 1 saturated carbocycles. The lowest BCUT2D eigenvalue weighted by molar-refractivity contribution is -0.155. The Morgan fingerprint density at radius 2 is 1.85 bits per heavy atom. The number of hydrogen-bond donors (Lipinski definition) is 0. The molecule has 2 rings (SSSR count). The van der Waals surface area contributed by atoms with E-state index in [4.69, 9.17) is 13.9 Å². The summed E-state index contributed by atoms with van der Waals surface area (Å²) < 4.78 is 18.0. The van der Waals surface area contributed by atoms with Gasteiger partial charge in [0.2, 0.25) is 0 Å². The third kappa shape index (κ3) is 5.45. The molecular weight excluding hydrogens is 356 g/mol. The van der Waals surface area contributed by atoms with E-state index in [0.29, 0.717) is 12.5 Å². The van der Waals surface area contributed by atoms with Crippen LogP contribution in [0.4, 0.5) is 0 Å². The van der Waals surface area contributed by atoms with E-state index in [1.165, 1.54) is 11.1 Å². The van der Waals surface area contributed by atoms with Crippen LogP contribution in [-0.4, -0.2) is 40.2 Å². The smallest absolute Gasteiger partial charge is 0.311 e. The number of ether oxygens (including phenoxy) is 2. The number of carbonyl (C=O) groups excluding carboxylic acids is 1. The van der Waals surface area contributed by atoms with Gasteiger partial charge in [-0.3, -0.25) is 4.79 Å². The summed E-state index contributed by atoms with van der Waals surface area (Å²) in [7, 11) is -0.145. The maximum atomic E-state index is 12.7. The van der Waals surface area contributed by atoms with Crippen LogP contribution in [0.15, 0.2) is 11.1 Å². The van der Waals surface area contributed by atoms with Crippen molar-refractivity contribution in [1.29, 1.82) is 0 Å². The molecule has 0 aliphatic heterocycles. The van der Waals surface area contributed by atoms with E-state index in [0.717, 1.165) is 32.1 Å². The fourth-order valence-electron chi connectivity index (χ4n) is 3.95. The van der Waals surface area contributed by atoms with Crippen molar-refractivity contribution in [3.8, 4) is 0 Å². The molecule has 0 aromatic carbocycles. The molecule has 0 radical (unpaired) electrons. The minimum absolute atomic E-state index is 0.0146. The highest BCUT2D eigenvalue weighted by Crippen LogP contribution is 2.41. The minimum Gasteiger partial charge on any atom is -0.461 e. The second-order valence-electron chi connectivity index (χ2n) is 10.1. The molecule has 156 valence electrons. The lowest BCUT2D eigenvalue weighted by Crippen LogP contribution is -2.44. The van der Waals surface area contributed by atoms with Gasteiger partial charge in [-0.05, 0) is 68.7 Å². The molecule has 0 spiro atoms. The third-order valence-corrected chi connectivity index (χ3v) is 11.5. The zero-order chi connectivity index (χ0) is 20.4. The van der Waals surface area contributed by atoms with E-state index >= 15 is 0 Å². The van der Waals surface area contributed by atoms with Crippen molar-refractivity contribution in [3.63, 3.8) is 0 Å². The summed E-state index contributed by atoms with van der Waals surface area (Å²) >= 11 is 0. The van der Waals surface area contributed by atoms with Gasteiger partial charge < -0.3 is 13.9 Å². The number of rotatable bonds is 6. The molecule has 27 heavy (non-hydrogen) atoms. The van der Waals surface area contributed by atoms with Crippen molar-refractivity contribution >= 4 is 14.3 Å². The normalized spacial score (nSPS) is 29.9. The summed E-state index contributed by atoms with van der Waals surface area (Å²) in [6, 6.07) is 0. The van der Waals surface area contributed by atoms with Crippen molar-refractivity contribution in [2.75, 3.05) is 13.7 Å². The van der Waals surface area contributed by atoms with Gasteiger partial charge in [0.25, 0.3) is 0 Å². The summed E-state index contributed by atoms with van der Waals surface area (Å²) in [5.74, 6) is 0.376. The van der Waals surface area contributed by atoms with Gasteiger partial charge in [-0.2, -0.15) is 0 Å². The topological polar surface area (TPSA) is 44.8 Å². The average molecular weight is 397 g/mol. The third-order valence-electron chi connectivity index (χ3n) is 6.99. The van der Waals surface area contributed by atoms with Crippen LogP contribution in [0.5, 0.6) is 0 Å². The van der Waals surface area contributed by atoms with Gasteiger partial charge in [-0.15, -0.1) is 0 Å². The molecule has 0 N–H and O–H groups in total. The second kappa shape index (κ2) is 8.79. The predicted molar refractivity (Wildman–Crippen MR) is 112 cm³/mol. The first-order valence-corrected chi connectivity index (χ1v) is 13.4. The zero-order valence-electron chi connectivity index (χ0n) is 18.7. The maximum absolute atomic E-state index is 12.7. The monoisotopic (exact) mass is 396 g/mol. The van der Waals surface area contributed by atoms with Crippen LogP contribution in [0.3, 0.4) is 0 Å². The molecule has 2 aliphatic carbocycles. The van der Waals surface area contributed by atoms with Gasteiger partial charge in [-0.25, -0.2) is 0 Å². The number of allylic oxidation sites excluding steroid dienone is 1. The predicted octanol–water partition coefficient (Wildman–Crippen LogP) is 5.48. The van der Waals surface area contributed by atoms with E-state index in [2.05, 4.69) is 47.7 Å². The fourth-order valence-corrected chi connectivity index (χ4v) is 5.28. The van der Waals surface area contributed by atoms with Gasteiger partial charge in [-0.1, -0.05) is 33.3 Å². The van der Waals surface area contributed by atoms with Crippen molar-refractivity contribution in [2.45, 2.75) is 97.1 Å². The molecule has 4 atom stereocenters. The van der Waals surface area contributed by atoms with E-state index in [-0.39, 0.29) is 29.1 Å². The molecule has 0 saturated heterocycles. The van der Waals surface area contributed by atoms with Crippen LogP contribution >= 0.6 is 0 Å². The van der Waals surface area contributed by atoms with E-state index < -0.39 is 8.32 Å². The molecular formula is C22H40O4Si. The highest BCUT2D eigenvalue weighted by Gasteiger charge is 2.41. The molecule has 0 bridgehead atoms. The molecule has 0 amide bonds. The number of hydrogen-bond acceptors (Lipinski definition) is 4. The molecule has 2 unspecified atom stereocenters. The SMILES string of the molecule is CO[C@H]1C[C@@H](C)CCC1C(=O)OCC1=C(C)CCC1O[Si](C)(C)C(C)(C)C. The maximum Gasteiger partial charge on any atom is 0.311 e. The lowest BCUT2D eigenvalue weighted by atomic mass is 9.80. The van der Waals surface area contributed by atoms with Crippen molar-refractivity contribution in [3.05, 3.63) is 11.1 Å².